The molecule has 6 nitrogen and oxygen atoms in total. The van der Waals surface area contributed by atoms with Crippen molar-refractivity contribution >= 4 is 27.3 Å². The first kappa shape index (κ1) is 20.9. The fraction of sp³-hybridized carbons (Fsp3) is 0.208. The van der Waals surface area contributed by atoms with Gasteiger partial charge in [-0.15, -0.1) is 0 Å². The number of methoxy groups -OCH3 is 1. The Morgan fingerprint density at radius 2 is 1.84 bits per heavy atom. The third kappa shape index (κ3) is 4.88. The van der Waals surface area contributed by atoms with Gasteiger partial charge in [0.1, 0.15) is 5.75 Å². The number of amides is 1. The van der Waals surface area contributed by atoms with Gasteiger partial charge < -0.3 is 9.64 Å². The number of nitrogens with one attached hydrogen (secondary N) is 1. The molecule has 0 aromatic heterocycles. The topological polar surface area (TPSA) is 75.7 Å². The van der Waals surface area contributed by atoms with E-state index in [4.69, 9.17) is 4.74 Å². The summed E-state index contributed by atoms with van der Waals surface area (Å²) in [6.45, 7) is 0.598. The van der Waals surface area contributed by atoms with Crippen molar-refractivity contribution in [1.82, 2.24) is 0 Å². The molecule has 0 spiro atoms. The molecule has 7 heteroatoms. The van der Waals surface area contributed by atoms with Gasteiger partial charge >= 0.3 is 0 Å². The van der Waals surface area contributed by atoms with E-state index < -0.39 is 10.0 Å². The Kier molecular flexibility index (Phi) is 5.95. The molecule has 0 fully saturated rings. The summed E-state index contributed by atoms with van der Waals surface area (Å²) < 4.78 is 33.3. The number of hydrogen-bond donors (Lipinski definition) is 1. The Hall–Kier alpha value is -3.32. The van der Waals surface area contributed by atoms with Crippen LogP contribution in [0.2, 0.25) is 0 Å². The molecular formula is C24H24N2O4S. The summed E-state index contributed by atoms with van der Waals surface area (Å²) in [4.78, 5) is 14.8. The number of rotatable bonds is 6. The van der Waals surface area contributed by atoms with Crippen LogP contribution in [-0.4, -0.2) is 28.0 Å². The normalized spacial score (nSPS) is 13.4. The average Bonchev–Trinajstić information content (AvgIpc) is 2.78. The third-order valence-electron chi connectivity index (χ3n) is 5.23. The number of benzene rings is 3. The van der Waals surface area contributed by atoms with E-state index in [1.54, 1.807) is 60.5 Å². The predicted molar refractivity (Wildman–Crippen MR) is 122 cm³/mol. The minimum atomic E-state index is -3.64. The van der Waals surface area contributed by atoms with E-state index in [1.165, 1.54) is 0 Å². The maximum absolute atomic E-state index is 13.0. The van der Waals surface area contributed by atoms with E-state index >= 15 is 0 Å². The van der Waals surface area contributed by atoms with Gasteiger partial charge in [-0.25, -0.2) is 8.42 Å². The molecule has 0 saturated heterocycles. The summed E-state index contributed by atoms with van der Waals surface area (Å²) in [5.41, 5.74) is 3.47. The number of anilines is 2. The highest BCUT2D eigenvalue weighted by Gasteiger charge is 2.24. The molecule has 0 radical (unpaired) electrons. The van der Waals surface area contributed by atoms with Crippen LogP contribution in [0.3, 0.4) is 0 Å². The van der Waals surface area contributed by atoms with E-state index in [-0.39, 0.29) is 11.7 Å². The molecule has 31 heavy (non-hydrogen) atoms. The second-order valence-electron chi connectivity index (χ2n) is 7.48. The molecule has 0 aliphatic carbocycles. The molecule has 1 amide bonds. The lowest BCUT2D eigenvalue weighted by Gasteiger charge is -2.30. The lowest BCUT2D eigenvalue weighted by molar-refractivity contribution is 0.0985. The molecule has 1 aliphatic rings. The van der Waals surface area contributed by atoms with E-state index in [1.807, 2.05) is 24.3 Å². The van der Waals surface area contributed by atoms with Gasteiger partial charge in [0, 0.05) is 17.8 Å². The van der Waals surface area contributed by atoms with Crippen LogP contribution in [0.1, 0.15) is 27.9 Å². The molecule has 1 aliphatic heterocycles. The van der Waals surface area contributed by atoms with Crippen molar-refractivity contribution in [1.29, 1.82) is 0 Å². The monoisotopic (exact) mass is 436 g/mol. The van der Waals surface area contributed by atoms with Crippen molar-refractivity contribution in [2.75, 3.05) is 23.3 Å². The quantitative estimate of drug-likeness (QED) is 0.627. The number of carbonyl (C=O) groups excluding carboxylic acids is 1. The average molecular weight is 437 g/mol. The molecular weight excluding hydrogens is 412 g/mol. The van der Waals surface area contributed by atoms with Gasteiger partial charge in [0.2, 0.25) is 10.0 Å². The van der Waals surface area contributed by atoms with Crippen molar-refractivity contribution in [3.05, 3.63) is 89.5 Å². The number of nitrogens with zero attached hydrogens (tertiary/aromatic N) is 1. The molecule has 0 atom stereocenters. The predicted octanol–water partition coefficient (Wildman–Crippen LogP) is 4.23. The van der Waals surface area contributed by atoms with Crippen LogP contribution in [0.25, 0.3) is 0 Å². The standard InChI is InChI=1S/C24H24N2O4S/c1-30-22-11-5-7-18(15-22)17-31(28,29)25-21-13-12-19-10-6-14-26(23(19)16-21)24(27)20-8-3-2-4-9-20/h2-5,7-9,11-13,15-16,25H,6,10,14,17H2,1H3. The van der Waals surface area contributed by atoms with E-state index in [9.17, 15) is 13.2 Å². The molecule has 3 aromatic carbocycles. The van der Waals surface area contributed by atoms with Gasteiger partial charge in [0.05, 0.1) is 18.6 Å². The molecule has 3 aromatic rings. The van der Waals surface area contributed by atoms with Crippen LogP contribution in [-0.2, 0) is 22.2 Å². The van der Waals surface area contributed by atoms with Crippen LogP contribution in [0.5, 0.6) is 5.75 Å². The fourth-order valence-electron chi connectivity index (χ4n) is 3.78. The van der Waals surface area contributed by atoms with Gasteiger partial charge in [-0.05, 0) is 60.4 Å². The second kappa shape index (κ2) is 8.81. The molecule has 1 N–H and O–H groups in total. The Balaban J connectivity index is 1.57. The summed E-state index contributed by atoms with van der Waals surface area (Å²) in [5, 5.41) is 0. The summed E-state index contributed by atoms with van der Waals surface area (Å²) in [7, 11) is -2.09. The zero-order valence-corrected chi connectivity index (χ0v) is 18.1. The van der Waals surface area contributed by atoms with Crippen LogP contribution in [0.4, 0.5) is 11.4 Å². The van der Waals surface area contributed by atoms with E-state index in [2.05, 4.69) is 4.72 Å². The molecule has 0 saturated carbocycles. The summed E-state index contributed by atoms with van der Waals surface area (Å²) in [6, 6.07) is 21.5. The van der Waals surface area contributed by atoms with E-state index in [0.717, 1.165) is 24.1 Å². The van der Waals surface area contributed by atoms with Crippen molar-refractivity contribution in [3.8, 4) is 5.75 Å². The first-order valence-corrected chi connectivity index (χ1v) is 11.7. The SMILES string of the molecule is COc1cccc(CS(=O)(=O)Nc2ccc3c(c2)N(C(=O)c2ccccc2)CCC3)c1. The Morgan fingerprint density at radius 1 is 1.03 bits per heavy atom. The second-order valence-corrected chi connectivity index (χ2v) is 9.20. The smallest absolute Gasteiger partial charge is 0.258 e. The van der Waals surface area contributed by atoms with Crippen LogP contribution in [0.15, 0.2) is 72.8 Å². The minimum Gasteiger partial charge on any atom is -0.497 e. The summed E-state index contributed by atoms with van der Waals surface area (Å²) in [5.74, 6) is 0.350. The number of fused-ring (bicyclic) bond motifs is 1. The first-order valence-electron chi connectivity index (χ1n) is 10.1. The van der Waals surface area contributed by atoms with Crippen molar-refractivity contribution in [2.24, 2.45) is 0 Å². The summed E-state index contributed by atoms with van der Waals surface area (Å²) in [6.07, 6.45) is 1.72. The van der Waals surface area contributed by atoms with Crippen LogP contribution in [0, 0.1) is 0 Å². The lowest BCUT2D eigenvalue weighted by atomic mass is 10.00. The van der Waals surface area contributed by atoms with Gasteiger partial charge in [0.25, 0.3) is 5.91 Å². The van der Waals surface area contributed by atoms with Crippen molar-refractivity contribution in [3.63, 3.8) is 0 Å². The fourth-order valence-corrected chi connectivity index (χ4v) is 4.96. The highest BCUT2D eigenvalue weighted by atomic mass is 32.2. The molecule has 1 heterocycles. The van der Waals surface area contributed by atoms with Crippen molar-refractivity contribution < 1.29 is 17.9 Å². The lowest BCUT2D eigenvalue weighted by Crippen LogP contribution is -2.35. The Morgan fingerprint density at radius 3 is 2.61 bits per heavy atom. The number of ether oxygens (including phenoxy) is 1. The first-order chi connectivity index (χ1) is 14.9. The number of aryl methyl sites for hydroxylation is 1. The van der Waals surface area contributed by atoms with Crippen LogP contribution < -0.4 is 14.4 Å². The minimum absolute atomic E-state index is 0.0852. The Labute approximate surface area is 182 Å². The zero-order chi connectivity index (χ0) is 21.8. The maximum atomic E-state index is 13.0. The number of sulfonamides is 1. The largest absolute Gasteiger partial charge is 0.497 e. The van der Waals surface area contributed by atoms with Gasteiger partial charge in [-0.1, -0.05) is 36.4 Å². The highest BCUT2D eigenvalue weighted by molar-refractivity contribution is 7.91. The van der Waals surface area contributed by atoms with Crippen LogP contribution >= 0.6 is 0 Å². The molecule has 0 bridgehead atoms. The third-order valence-corrected chi connectivity index (χ3v) is 6.49. The molecule has 4 rings (SSSR count). The van der Waals surface area contributed by atoms with Gasteiger partial charge in [-0.3, -0.25) is 9.52 Å². The molecule has 0 unspecified atom stereocenters. The number of carbonyl (C=O) groups is 1. The number of hydrogen-bond acceptors (Lipinski definition) is 4. The summed E-state index contributed by atoms with van der Waals surface area (Å²) >= 11 is 0. The highest BCUT2D eigenvalue weighted by Crippen LogP contribution is 2.32. The van der Waals surface area contributed by atoms with Crippen molar-refractivity contribution in [2.45, 2.75) is 18.6 Å². The van der Waals surface area contributed by atoms with E-state index in [0.29, 0.717) is 29.1 Å². The zero-order valence-electron chi connectivity index (χ0n) is 17.2. The Bertz CT molecular complexity index is 1190. The van der Waals surface area contributed by atoms with Gasteiger partial charge in [-0.2, -0.15) is 0 Å². The maximum Gasteiger partial charge on any atom is 0.258 e. The van der Waals surface area contributed by atoms with Gasteiger partial charge in [0.15, 0.2) is 0 Å². The molecule has 160 valence electrons.